The molecule has 0 atom stereocenters. The molecular formula is C24H24N2O2S. The van der Waals surface area contributed by atoms with Gasteiger partial charge in [-0.2, -0.15) is 0 Å². The van der Waals surface area contributed by atoms with Crippen LogP contribution in [0.2, 0.25) is 0 Å². The van der Waals surface area contributed by atoms with Crippen LogP contribution in [0.5, 0.6) is 0 Å². The van der Waals surface area contributed by atoms with Crippen LogP contribution < -0.4 is 10.2 Å². The van der Waals surface area contributed by atoms with Gasteiger partial charge < -0.3 is 10.2 Å². The minimum Gasteiger partial charge on any atom is -0.321 e. The number of nitrogens with zero attached hydrogens (tertiary/aromatic N) is 1. The first-order valence-corrected chi connectivity index (χ1v) is 11.0. The van der Waals surface area contributed by atoms with Crippen molar-refractivity contribution < 1.29 is 9.59 Å². The van der Waals surface area contributed by atoms with E-state index in [1.165, 1.54) is 0 Å². The highest BCUT2D eigenvalue weighted by Gasteiger charge is 2.30. The molecule has 1 heterocycles. The van der Waals surface area contributed by atoms with Gasteiger partial charge in [0.1, 0.15) is 0 Å². The molecule has 0 aromatic heterocycles. The fraction of sp³-hybridized carbons (Fsp3) is 0.250. The summed E-state index contributed by atoms with van der Waals surface area (Å²) in [5.74, 6) is 0.867. The molecule has 3 aromatic rings. The zero-order chi connectivity index (χ0) is 20.4. The molecule has 4 nitrogen and oxygen atoms in total. The number of nitrogens with one attached hydrogen (secondary N) is 1. The second-order valence-electron chi connectivity index (χ2n) is 7.09. The van der Waals surface area contributed by atoms with Gasteiger partial charge in [-0.3, -0.25) is 9.59 Å². The maximum absolute atomic E-state index is 12.9. The molecule has 0 aliphatic carbocycles. The van der Waals surface area contributed by atoms with Crippen LogP contribution in [0.3, 0.4) is 0 Å². The Bertz CT molecular complexity index is 1090. The van der Waals surface area contributed by atoms with Crippen molar-refractivity contribution in [3.05, 3.63) is 65.7 Å². The summed E-state index contributed by atoms with van der Waals surface area (Å²) in [6.07, 6.45) is 2.00. The van der Waals surface area contributed by atoms with Crippen LogP contribution in [0, 0.1) is 0 Å². The van der Waals surface area contributed by atoms with Crippen molar-refractivity contribution in [2.75, 3.05) is 22.5 Å². The minimum absolute atomic E-state index is 0.0480. The predicted octanol–water partition coefficient (Wildman–Crippen LogP) is 5.96. The van der Waals surface area contributed by atoms with Crippen molar-refractivity contribution in [1.82, 2.24) is 0 Å². The predicted molar refractivity (Wildman–Crippen MR) is 121 cm³/mol. The molecule has 0 saturated heterocycles. The van der Waals surface area contributed by atoms with Crippen molar-refractivity contribution in [2.24, 2.45) is 0 Å². The van der Waals surface area contributed by atoms with Gasteiger partial charge in [0, 0.05) is 39.0 Å². The largest absolute Gasteiger partial charge is 0.321 e. The number of thioether (sulfide) groups is 1. The second kappa shape index (κ2) is 8.29. The zero-order valence-corrected chi connectivity index (χ0v) is 17.5. The van der Waals surface area contributed by atoms with Gasteiger partial charge in [0.15, 0.2) is 0 Å². The lowest BCUT2D eigenvalue weighted by molar-refractivity contribution is 0.0991. The van der Waals surface area contributed by atoms with Gasteiger partial charge in [-0.1, -0.05) is 38.5 Å². The van der Waals surface area contributed by atoms with E-state index in [2.05, 4.69) is 19.2 Å². The number of rotatable bonds is 7. The van der Waals surface area contributed by atoms with Gasteiger partial charge in [-0.25, -0.2) is 0 Å². The summed E-state index contributed by atoms with van der Waals surface area (Å²) in [5.41, 5.74) is 3.01. The lowest BCUT2D eigenvalue weighted by Gasteiger charge is -2.17. The highest BCUT2D eigenvalue weighted by molar-refractivity contribution is 7.99. The van der Waals surface area contributed by atoms with Crippen molar-refractivity contribution in [1.29, 1.82) is 0 Å². The van der Waals surface area contributed by atoms with Gasteiger partial charge >= 0.3 is 0 Å². The lowest BCUT2D eigenvalue weighted by atomic mass is 10.0. The molecule has 0 radical (unpaired) electrons. The number of hydrogen-bond acceptors (Lipinski definition) is 3. The lowest BCUT2D eigenvalue weighted by Crippen LogP contribution is -2.27. The summed E-state index contributed by atoms with van der Waals surface area (Å²) in [6.45, 7) is 4.93. The number of benzene rings is 3. The van der Waals surface area contributed by atoms with Crippen LogP contribution in [-0.4, -0.2) is 24.1 Å². The molecule has 0 bridgehead atoms. The Labute approximate surface area is 175 Å². The van der Waals surface area contributed by atoms with Gasteiger partial charge in [0.2, 0.25) is 0 Å². The van der Waals surface area contributed by atoms with Crippen molar-refractivity contribution in [3.8, 4) is 0 Å². The molecule has 2 amide bonds. The summed E-state index contributed by atoms with van der Waals surface area (Å²) < 4.78 is 0. The van der Waals surface area contributed by atoms with Crippen molar-refractivity contribution in [3.63, 3.8) is 0 Å². The molecular weight excluding hydrogens is 380 g/mol. The second-order valence-corrected chi connectivity index (χ2v) is 8.42. The third kappa shape index (κ3) is 3.62. The molecule has 29 heavy (non-hydrogen) atoms. The number of carbonyl (C=O) groups excluding carboxylic acids is 2. The van der Waals surface area contributed by atoms with Crippen LogP contribution in [0.15, 0.2) is 59.5 Å². The number of hydrogen-bond donors (Lipinski definition) is 1. The van der Waals surface area contributed by atoms with E-state index in [1.807, 2.05) is 59.5 Å². The van der Waals surface area contributed by atoms with Crippen LogP contribution >= 0.6 is 11.8 Å². The molecule has 3 aromatic carbocycles. The first kappa shape index (κ1) is 19.5. The van der Waals surface area contributed by atoms with E-state index in [-0.39, 0.29) is 11.8 Å². The maximum atomic E-state index is 12.9. The standard InChI is InChI=1S/C24H24N2O2S/c1-3-5-14-26-21-13-12-20(18-10-7-11-19(22(18)21)24(26)28)25-23(27)16-8-6-9-17(15-16)29-4-2/h6-13,15H,3-5,14H2,1-2H3,(H,25,27). The average Bonchev–Trinajstić information content (AvgIpc) is 3.01. The molecule has 1 N–H and O–H groups in total. The topological polar surface area (TPSA) is 49.4 Å². The fourth-order valence-corrected chi connectivity index (χ4v) is 4.50. The summed E-state index contributed by atoms with van der Waals surface area (Å²) >= 11 is 1.71. The normalized spacial score (nSPS) is 12.6. The molecule has 4 rings (SSSR count). The highest BCUT2D eigenvalue weighted by atomic mass is 32.2. The molecule has 0 saturated carbocycles. The Kier molecular flexibility index (Phi) is 5.58. The third-order valence-electron chi connectivity index (χ3n) is 5.18. The van der Waals surface area contributed by atoms with E-state index < -0.39 is 0 Å². The van der Waals surface area contributed by atoms with Gasteiger partial charge in [0.25, 0.3) is 11.8 Å². The Hall–Kier alpha value is -2.79. The van der Waals surface area contributed by atoms with E-state index in [0.29, 0.717) is 17.7 Å². The SMILES string of the molecule is CCCCN1C(=O)c2cccc3c(NC(=O)c4cccc(SCC)c4)ccc1c23. The molecule has 0 unspecified atom stereocenters. The smallest absolute Gasteiger partial charge is 0.258 e. The van der Waals surface area contributed by atoms with E-state index in [9.17, 15) is 9.59 Å². The summed E-state index contributed by atoms with van der Waals surface area (Å²) in [5, 5.41) is 4.88. The van der Waals surface area contributed by atoms with Crippen LogP contribution in [0.25, 0.3) is 10.8 Å². The average molecular weight is 405 g/mol. The van der Waals surface area contributed by atoms with E-state index in [4.69, 9.17) is 0 Å². The molecule has 1 aliphatic rings. The fourth-order valence-electron chi connectivity index (χ4n) is 3.78. The zero-order valence-electron chi connectivity index (χ0n) is 16.7. The van der Waals surface area contributed by atoms with E-state index in [1.54, 1.807) is 11.8 Å². The number of unbranched alkanes of at least 4 members (excludes halogenated alkanes) is 1. The molecule has 1 aliphatic heterocycles. The number of carbonyl (C=O) groups is 2. The highest BCUT2D eigenvalue weighted by Crippen LogP contribution is 2.40. The quantitative estimate of drug-likeness (QED) is 0.494. The van der Waals surface area contributed by atoms with Crippen LogP contribution in [0.1, 0.15) is 47.4 Å². The molecule has 0 fully saturated rings. The Morgan fingerprint density at radius 1 is 1.07 bits per heavy atom. The number of amides is 2. The minimum atomic E-state index is -0.142. The Morgan fingerprint density at radius 2 is 1.90 bits per heavy atom. The summed E-state index contributed by atoms with van der Waals surface area (Å²) in [6, 6.07) is 17.2. The summed E-state index contributed by atoms with van der Waals surface area (Å²) in [7, 11) is 0. The first-order valence-electron chi connectivity index (χ1n) is 10.1. The Balaban J connectivity index is 1.68. The molecule has 148 valence electrons. The monoisotopic (exact) mass is 404 g/mol. The van der Waals surface area contributed by atoms with E-state index in [0.717, 1.165) is 45.6 Å². The van der Waals surface area contributed by atoms with Gasteiger partial charge in [-0.05, 0) is 48.6 Å². The Morgan fingerprint density at radius 3 is 2.69 bits per heavy atom. The van der Waals surface area contributed by atoms with Crippen LogP contribution in [0.4, 0.5) is 11.4 Å². The molecule has 0 spiro atoms. The van der Waals surface area contributed by atoms with E-state index >= 15 is 0 Å². The maximum Gasteiger partial charge on any atom is 0.258 e. The third-order valence-corrected chi connectivity index (χ3v) is 6.05. The molecule has 5 heteroatoms. The van der Waals surface area contributed by atoms with Crippen LogP contribution in [-0.2, 0) is 0 Å². The number of anilines is 2. The first-order chi connectivity index (χ1) is 14.1. The van der Waals surface area contributed by atoms with Gasteiger partial charge in [-0.15, -0.1) is 11.8 Å². The summed E-state index contributed by atoms with van der Waals surface area (Å²) in [4.78, 5) is 28.7. The van der Waals surface area contributed by atoms with Crippen molar-refractivity contribution in [2.45, 2.75) is 31.6 Å². The van der Waals surface area contributed by atoms with Crippen molar-refractivity contribution >= 4 is 45.7 Å². The van der Waals surface area contributed by atoms with Gasteiger partial charge in [0.05, 0.1) is 5.69 Å².